The van der Waals surface area contributed by atoms with Crippen molar-refractivity contribution in [3.05, 3.63) is 35.8 Å². The summed E-state index contributed by atoms with van der Waals surface area (Å²) in [5.41, 5.74) is 7.16. The van der Waals surface area contributed by atoms with Crippen LogP contribution in [0.3, 0.4) is 0 Å². The van der Waals surface area contributed by atoms with Crippen LogP contribution in [0.1, 0.15) is 32.3 Å². The Morgan fingerprint density at radius 1 is 1.36 bits per heavy atom. The van der Waals surface area contributed by atoms with Gasteiger partial charge in [0.25, 0.3) is 0 Å². The highest BCUT2D eigenvalue weighted by Gasteiger charge is 2.32. The van der Waals surface area contributed by atoms with E-state index in [0.29, 0.717) is 19.5 Å². The number of rotatable bonds is 7. The van der Waals surface area contributed by atoms with Crippen molar-refractivity contribution in [2.24, 2.45) is 11.1 Å². The zero-order chi connectivity index (χ0) is 16.2. The summed E-state index contributed by atoms with van der Waals surface area (Å²) in [6.45, 7) is 4.89. The molecule has 4 N–H and O–H groups in total. The minimum atomic E-state index is -0.469. The molecule has 1 heterocycles. The van der Waals surface area contributed by atoms with Crippen molar-refractivity contribution in [3.63, 3.8) is 0 Å². The average Bonchev–Trinajstić information content (AvgIpc) is 2.92. The van der Waals surface area contributed by atoms with Crippen LogP contribution < -0.4 is 11.1 Å². The topological polar surface area (TPSA) is 70.9 Å². The standard InChI is InChI=1S/C17H24FN3O/c1-3-17(4-2,11-19)16(22)20-8-7-12-10-21-15-9-13(18)5-6-14(12)15/h5-6,9-10,21H,3-4,7-8,11,19H2,1-2H3,(H,20,22). The smallest absolute Gasteiger partial charge is 0.227 e. The summed E-state index contributed by atoms with van der Waals surface area (Å²) in [4.78, 5) is 15.4. The summed E-state index contributed by atoms with van der Waals surface area (Å²) >= 11 is 0. The molecule has 0 aliphatic rings. The number of hydrogen-bond acceptors (Lipinski definition) is 2. The Morgan fingerprint density at radius 2 is 2.09 bits per heavy atom. The fourth-order valence-corrected chi connectivity index (χ4v) is 2.82. The van der Waals surface area contributed by atoms with Crippen LogP contribution in [0.4, 0.5) is 4.39 Å². The summed E-state index contributed by atoms with van der Waals surface area (Å²) in [5, 5.41) is 3.98. The Kier molecular flexibility index (Phi) is 5.19. The van der Waals surface area contributed by atoms with E-state index in [-0.39, 0.29) is 11.7 Å². The molecule has 0 radical (unpaired) electrons. The average molecular weight is 305 g/mol. The lowest BCUT2D eigenvalue weighted by molar-refractivity contribution is -0.131. The summed E-state index contributed by atoms with van der Waals surface area (Å²) < 4.78 is 13.2. The van der Waals surface area contributed by atoms with Gasteiger partial charge in [-0.3, -0.25) is 4.79 Å². The first kappa shape index (κ1) is 16.5. The largest absolute Gasteiger partial charge is 0.361 e. The number of carbonyl (C=O) groups is 1. The highest BCUT2D eigenvalue weighted by molar-refractivity contribution is 5.84. The Labute approximate surface area is 130 Å². The van der Waals surface area contributed by atoms with Crippen molar-refractivity contribution >= 4 is 16.8 Å². The van der Waals surface area contributed by atoms with Crippen molar-refractivity contribution in [1.82, 2.24) is 10.3 Å². The van der Waals surface area contributed by atoms with Crippen molar-refractivity contribution in [2.45, 2.75) is 33.1 Å². The van der Waals surface area contributed by atoms with Gasteiger partial charge in [-0.05, 0) is 43.0 Å². The van der Waals surface area contributed by atoms with Crippen LogP contribution in [-0.2, 0) is 11.2 Å². The van der Waals surface area contributed by atoms with Crippen LogP contribution in [0, 0.1) is 11.2 Å². The number of fused-ring (bicyclic) bond motifs is 1. The Balaban J connectivity index is 1.99. The van der Waals surface area contributed by atoms with Gasteiger partial charge < -0.3 is 16.0 Å². The number of H-pyrrole nitrogens is 1. The molecule has 1 amide bonds. The van der Waals surface area contributed by atoms with E-state index >= 15 is 0 Å². The summed E-state index contributed by atoms with van der Waals surface area (Å²) in [6.07, 6.45) is 4.04. The van der Waals surface area contributed by atoms with E-state index < -0.39 is 5.41 Å². The molecule has 0 fully saturated rings. The molecule has 0 atom stereocenters. The van der Waals surface area contributed by atoms with Crippen molar-refractivity contribution in [2.75, 3.05) is 13.1 Å². The summed E-state index contributed by atoms with van der Waals surface area (Å²) in [6, 6.07) is 4.69. The monoisotopic (exact) mass is 305 g/mol. The SMILES string of the molecule is CCC(CC)(CN)C(=O)NCCc1c[nH]c2cc(F)ccc12. The molecule has 0 spiro atoms. The van der Waals surface area contributed by atoms with Crippen LogP contribution in [0.15, 0.2) is 24.4 Å². The van der Waals surface area contributed by atoms with Gasteiger partial charge in [0.05, 0.1) is 5.41 Å². The van der Waals surface area contributed by atoms with Gasteiger partial charge in [-0.15, -0.1) is 0 Å². The van der Waals surface area contributed by atoms with E-state index in [4.69, 9.17) is 5.73 Å². The highest BCUT2D eigenvalue weighted by Crippen LogP contribution is 2.25. The molecule has 2 aromatic rings. The molecule has 0 aliphatic heterocycles. The zero-order valence-electron chi connectivity index (χ0n) is 13.2. The third-order valence-corrected chi connectivity index (χ3v) is 4.64. The lowest BCUT2D eigenvalue weighted by Gasteiger charge is -2.28. The van der Waals surface area contributed by atoms with Gasteiger partial charge in [0.2, 0.25) is 5.91 Å². The van der Waals surface area contributed by atoms with Crippen LogP contribution in [0.2, 0.25) is 0 Å². The third-order valence-electron chi connectivity index (χ3n) is 4.64. The molecular formula is C17H24FN3O. The number of amides is 1. The van der Waals surface area contributed by atoms with Crippen LogP contribution in [0.5, 0.6) is 0 Å². The molecule has 5 heteroatoms. The van der Waals surface area contributed by atoms with Gasteiger partial charge in [-0.1, -0.05) is 13.8 Å². The molecule has 2 rings (SSSR count). The van der Waals surface area contributed by atoms with Crippen molar-refractivity contribution in [3.8, 4) is 0 Å². The number of carbonyl (C=O) groups excluding carboxylic acids is 1. The third kappa shape index (κ3) is 3.14. The molecule has 1 aromatic carbocycles. The number of halogens is 1. The van der Waals surface area contributed by atoms with Gasteiger partial charge in [-0.25, -0.2) is 4.39 Å². The lowest BCUT2D eigenvalue weighted by atomic mass is 9.81. The predicted molar refractivity (Wildman–Crippen MR) is 87.0 cm³/mol. The van der Waals surface area contributed by atoms with Crippen LogP contribution in [-0.4, -0.2) is 24.0 Å². The first-order chi connectivity index (χ1) is 10.6. The maximum absolute atomic E-state index is 13.2. The highest BCUT2D eigenvalue weighted by atomic mass is 19.1. The molecular weight excluding hydrogens is 281 g/mol. The van der Waals surface area contributed by atoms with E-state index in [9.17, 15) is 9.18 Å². The van der Waals surface area contributed by atoms with Gasteiger partial charge >= 0.3 is 0 Å². The molecule has 0 saturated carbocycles. The molecule has 0 saturated heterocycles. The quantitative estimate of drug-likeness (QED) is 0.736. The molecule has 120 valence electrons. The van der Waals surface area contributed by atoms with Crippen LogP contribution >= 0.6 is 0 Å². The van der Waals surface area contributed by atoms with Gasteiger partial charge in [-0.2, -0.15) is 0 Å². The Bertz CT molecular complexity index is 638. The summed E-state index contributed by atoms with van der Waals surface area (Å²) in [5.74, 6) is -0.237. The van der Waals surface area contributed by atoms with Gasteiger partial charge in [0.1, 0.15) is 5.82 Å². The van der Waals surface area contributed by atoms with Crippen molar-refractivity contribution < 1.29 is 9.18 Å². The van der Waals surface area contributed by atoms with Crippen LogP contribution in [0.25, 0.3) is 10.9 Å². The van der Waals surface area contributed by atoms with E-state index in [2.05, 4.69) is 10.3 Å². The number of nitrogens with two attached hydrogens (primary N) is 1. The van der Waals surface area contributed by atoms with E-state index in [1.165, 1.54) is 12.1 Å². The predicted octanol–water partition coefficient (Wildman–Crippen LogP) is 2.73. The first-order valence-corrected chi connectivity index (χ1v) is 7.80. The molecule has 4 nitrogen and oxygen atoms in total. The maximum Gasteiger partial charge on any atom is 0.227 e. The second kappa shape index (κ2) is 6.92. The molecule has 0 aliphatic carbocycles. The molecule has 0 bridgehead atoms. The molecule has 0 unspecified atom stereocenters. The van der Waals surface area contributed by atoms with Gasteiger partial charge in [0.15, 0.2) is 0 Å². The van der Waals surface area contributed by atoms with E-state index in [1.807, 2.05) is 20.0 Å². The minimum Gasteiger partial charge on any atom is -0.361 e. The second-order valence-electron chi connectivity index (χ2n) is 5.70. The Morgan fingerprint density at radius 3 is 2.73 bits per heavy atom. The van der Waals surface area contributed by atoms with Gasteiger partial charge in [0, 0.05) is 30.2 Å². The maximum atomic E-state index is 13.2. The fraction of sp³-hybridized carbons (Fsp3) is 0.471. The Hall–Kier alpha value is -1.88. The number of hydrogen-bond donors (Lipinski definition) is 3. The minimum absolute atomic E-state index is 0.0193. The van der Waals surface area contributed by atoms with E-state index in [1.54, 1.807) is 6.07 Å². The van der Waals surface area contributed by atoms with E-state index in [0.717, 1.165) is 29.3 Å². The zero-order valence-corrected chi connectivity index (χ0v) is 13.2. The number of aromatic amines is 1. The number of benzene rings is 1. The molecule has 1 aromatic heterocycles. The first-order valence-electron chi connectivity index (χ1n) is 7.80. The fourth-order valence-electron chi connectivity index (χ4n) is 2.82. The lowest BCUT2D eigenvalue weighted by Crippen LogP contribution is -2.45. The second-order valence-corrected chi connectivity index (χ2v) is 5.70. The van der Waals surface area contributed by atoms with Crippen molar-refractivity contribution in [1.29, 1.82) is 0 Å². The normalized spacial score (nSPS) is 11.8. The molecule has 22 heavy (non-hydrogen) atoms. The summed E-state index contributed by atoms with van der Waals surface area (Å²) in [7, 11) is 0. The number of nitrogens with one attached hydrogen (secondary N) is 2. The number of aromatic nitrogens is 1.